The van der Waals surface area contributed by atoms with Crippen molar-refractivity contribution in [2.45, 2.75) is 26.5 Å². The molecule has 0 aliphatic heterocycles. The lowest BCUT2D eigenvalue weighted by Gasteiger charge is -2.10. The lowest BCUT2D eigenvalue weighted by molar-refractivity contribution is 0.0532. The van der Waals surface area contributed by atoms with Crippen LogP contribution in [0.2, 0.25) is 0 Å². The fourth-order valence-electron chi connectivity index (χ4n) is 1.31. The second-order valence-corrected chi connectivity index (χ2v) is 3.89. The third-order valence-corrected chi connectivity index (χ3v) is 2.08. The van der Waals surface area contributed by atoms with E-state index in [1.807, 2.05) is 13.8 Å². The first-order valence-electron chi connectivity index (χ1n) is 5.67. The average Bonchev–Trinajstić information content (AvgIpc) is 2.29. The molecule has 0 aliphatic rings. The average molecular weight is 242 g/mol. The maximum absolute atomic E-state index is 13.8. The number of nitrogens with zero attached hydrogens (tertiary/aromatic N) is 1. The molecule has 0 fully saturated rings. The smallest absolute Gasteiger partial charge is 0.250 e. The molecule has 1 aromatic heterocycles. The molecule has 1 N–H and O–H groups in total. The van der Waals surface area contributed by atoms with Crippen LogP contribution in [0.3, 0.4) is 0 Å². The number of rotatable bonds is 7. The van der Waals surface area contributed by atoms with E-state index in [4.69, 9.17) is 9.47 Å². The highest BCUT2D eigenvalue weighted by atomic mass is 19.1. The normalized spacial score (nSPS) is 10.9. The molecule has 0 saturated heterocycles. The van der Waals surface area contributed by atoms with E-state index >= 15 is 0 Å². The van der Waals surface area contributed by atoms with Gasteiger partial charge in [0.15, 0.2) is 5.82 Å². The second-order valence-electron chi connectivity index (χ2n) is 3.89. The molecule has 0 radical (unpaired) electrons. The van der Waals surface area contributed by atoms with Crippen molar-refractivity contribution in [2.75, 3.05) is 20.3 Å². The minimum absolute atomic E-state index is 0.0325. The van der Waals surface area contributed by atoms with Crippen LogP contribution in [0.5, 0.6) is 5.88 Å². The van der Waals surface area contributed by atoms with Gasteiger partial charge in [-0.1, -0.05) is 0 Å². The molecule has 0 atom stereocenters. The van der Waals surface area contributed by atoms with Gasteiger partial charge in [-0.2, -0.15) is 0 Å². The van der Waals surface area contributed by atoms with Crippen molar-refractivity contribution in [1.29, 1.82) is 0 Å². The van der Waals surface area contributed by atoms with Crippen molar-refractivity contribution in [1.82, 2.24) is 10.3 Å². The maximum Gasteiger partial charge on any atom is 0.250 e. The van der Waals surface area contributed by atoms with Crippen LogP contribution in [-0.2, 0) is 11.3 Å². The third kappa shape index (κ3) is 4.66. The lowest BCUT2D eigenvalue weighted by Crippen LogP contribution is -2.13. The zero-order valence-corrected chi connectivity index (χ0v) is 10.5. The van der Waals surface area contributed by atoms with Crippen LogP contribution < -0.4 is 10.1 Å². The molecule has 0 saturated carbocycles. The quantitative estimate of drug-likeness (QED) is 0.740. The van der Waals surface area contributed by atoms with Gasteiger partial charge in [0.2, 0.25) is 0 Å². The number of hydrogen-bond acceptors (Lipinski definition) is 4. The molecule has 1 heterocycles. The number of pyridine rings is 1. The molecule has 0 spiro atoms. The summed E-state index contributed by atoms with van der Waals surface area (Å²) in [6, 6.07) is 1.63. The maximum atomic E-state index is 13.8. The van der Waals surface area contributed by atoms with Gasteiger partial charge in [-0.25, -0.2) is 9.37 Å². The van der Waals surface area contributed by atoms with Crippen molar-refractivity contribution < 1.29 is 13.9 Å². The molecule has 1 aromatic rings. The molecule has 0 unspecified atom stereocenters. The van der Waals surface area contributed by atoms with Crippen molar-refractivity contribution in [3.05, 3.63) is 23.6 Å². The highest BCUT2D eigenvalue weighted by molar-refractivity contribution is 5.23. The zero-order valence-electron chi connectivity index (χ0n) is 10.5. The highest BCUT2D eigenvalue weighted by Crippen LogP contribution is 2.16. The van der Waals surface area contributed by atoms with Gasteiger partial charge in [0.25, 0.3) is 5.88 Å². The third-order valence-electron chi connectivity index (χ3n) is 2.08. The topological polar surface area (TPSA) is 43.4 Å². The monoisotopic (exact) mass is 242 g/mol. The molecule has 17 heavy (non-hydrogen) atoms. The van der Waals surface area contributed by atoms with Gasteiger partial charge in [-0.05, 0) is 27.0 Å². The van der Waals surface area contributed by atoms with Gasteiger partial charge in [0, 0.05) is 18.3 Å². The number of ether oxygens (including phenoxy) is 2. The van der Waals surface area contributed by atoms with Crippen LogP contribution in [0.15, 0.2) is 12.3 Å². The van der Waals surface area contributed by atoms with E-state index in [0.29, 0.717) is 25.3 Å². The predicted molar refractivity (Wildman–Crippen MR) is 63.5 cm³/mol. The Labute approximate surface area is 101 Å². The fraction of sp³-hybridized carbons (Fsp3) is 0.583. The standard InChI is InChI=1S/C12H19FN2O2/c1-9(2)16-6-7-17-12-11(13)10(8-14-3)4-5-15-12/h4-5,9,14H,6-8H2,1-3H3. The Bertz CT molecular complexity index is 345. The van der Waals surface area contributed by atoms with Crippen LogP contribution in [0.25, 0.3) is 0 Å². The van der Waals surface area contributed by atoms with Crippen molar-refractivity contribution in [3.8, 4) is 5.88 Å². The summed E-state index contributed by atoms with van der Waals surface area (Å²) in [5, 5.41) is 2.89. The van der Waals surface area contributed by atoms with E-state index in [1.165, 1.54) is 6.20 Å². The number of halogens is 1. The molecule has 4 nitrogen and oxygen atoms in total. The van der Waals surface area contributed by atoms with Crippen molar-refractivity contribution >= 4 is 0 Å². The number of hydrogen-bond donors (Lipinski definition) is 1. The Morgan fingerprint density at radius 3 is 2.82 bits per heavy atom. The Morgan fingerprint density at radius 1 is 1.41 bits per heavy atom. The van der Waals surface area contributed by atoms with Gasteiger partial charge in [0.1, 0.15) is 6.61 Å². The zero-order chi connectivity index (χ0) is 12.7. The van der Waals surface area contributed by atoms with Crippen molar-refractivity contribution in [3.63, 3.8) is 0 Å². The Hall–Kier alpha value is -1.20. The SMILES string of the molecule is CNCc1ccnc(OCCOC(C)C)c1F. The minimum Gasteiger partial charge on any atom is -0.473 e. The van der Waals surface area contributed by atoms with Crippen LogP contribution in [0.1, 0.15) is 19.4 Å². The Morgan fingerprint density at radius 2 is 2.18 bits per heavy atom. The van der Waals surface area contributed by atoms with Gasteiger partial charge >= 0.3 is 0 Å². The van der Waals surface area contributed by atoms with Crippen LogP contribution in [-0.4, -0.2) is 31.3 Å². The number of aromatic nitrogens is 1. The first kappa shape index (κ1) is 13.9. The van der Waals surface area contributed by atoms with Gasteiger partial charge in [-0.15, -0.1) is 0 Å². The predicted octanol–water partition coefficient (Wildman–Crippen LogP) is 1.74. The van der Waals surface area contributed by atoms with Crippen molar-refractivity contribution in [2.24, 2.45) is 0 Å². The van der Waals surface area contributed by atoms with E-state index in [2.05, 4.69) is 10.3 Å². The van der Waals surface area contributed by atoms with Gasteiger partial charge in [0.05, 0.1) is 12.7 Å². The van der Waals surface area contributed by atoms with Gasteiger partial charge in [-0.3, -0.25) is 0 Å². The fourth-order valence-corrected chi connectivity index (χ4v) is 1.31. The molecule has 0 bridgehead atoms. The summed E-state index contributed by atoms with van der Waals surface area (Å²) < 4.78 is 24.3. The summed E-state index contributed by atoms with van der Waals surface area (Å²) in [6.45, 7) is 5.05. The Balaban J connectivity index is 2.50. The minimum atomic E-state index is -0.411. The molecule has 5 heteroatoms. The summed E-state index contributed by atoms with van der Waals surface area (Å²) in [5.74, 6) is -0.378. The van der Waals surface area contributed by atoms with Crippen LogP contribution in [0, 0.1) is 5.82 Å². The van der Waals surface area contributed by atoms with E-state index < -0.39 is 5.82 Å². The summed E-state index contributed by atoms with van der Waals surface area (Å²) in [5.41, 5.74) is 0.544. The van der Waals surface area contributed by atoms with E-state index in [9.17, 15) is 4.39 Å². The van der Waals surface area contributed by atoms with Crippen LogP contribution >= 0.6 is 0 Å². The Kier molecular flexibility index (Phi) is 5.86. The molecular weight excluding hydrogens is 223 g/mol. The second kappa shape index (κ2) is 7.19. The first-order valence-corrected chi connectivity index (χ1v) is 5.67. The molecule has 0 aromatic carbocycles. The summed E-state index contributed by atoms with van der Waals surface area (Å²) >= 11 is 0. The van der Waals surface area contributed by atoms with Crippen LogP contribution in [0.4, 0.5) is 4.39 Å². The summed E-state index contributed by atoms with van der Waals surface area (Å²) in [7, 11) is 1.76. The van der Waals surface area contributed by atoms with Gasteiger partial charge < -0.3 is 14.8 Å². The largest absolute Gasteiger partial charge is 0.473 e. The molecule has 1 rings (SSSR count). The molecule has 96 valence electrons. The molecular formula is C12H19FN2O2. The van der Waals surface area contributed by atoms with E-state index in [-0.39, 0.29) is 12.0 Å². The first-order chi connectivity index (χ1) is 8.15. The number of nitrogens with one attached hydrogen (secondary N) is 1. The van der Waals surface area contributed by atoms with E-state index in [1.54, 1.807) is 13.1 Å². The van der Waals surface area contributed by atoms with E-state index in [0.717, 1.165) is 0 Å². The summed E-state index contributed by atoms with van der Waals surface area (Å²) in [6.07, 6.45) is 1.68. The highest BCUT2D eigenvalue weighted by Gasteiger charge is 2.09. The lowest BCUT2D eigenvalue weighted by atomic mass is 10.2. The molecule has 0 amide bonds. The molecule has 0 aliphatic carbocycles. The summed E-state index contributed by atoms with van der Waals surface area (Å²) in [4.78, 5) is 3.86.